The monoisotopic (exact) mass is 346 g/mol. The number of carbonyl (C=O) groups excluding carboxylic acids is 1. The number of ether oxygens (including phenoxy) is 1. The summed E-state index contributed by atoms with van der Waals surface area (Å²) in [5.41, 5.74) is -0.408. The highest BCUT2D eigenvalue weighted by molar-refractivity contribution is 5.78. The van der Waals surface area contributed by atoms with Crippen molar-refractivity contribution in [2.75, 3.05) is 0 Å². The molecular formula is C23H38O2. The van der Waals surface area contributed by atoms with E-state index >= 15 is 0 Å². The second-order valence-corrected chi connectivity index (χ2v) is 7.87. The maximum absolute atomic E-state index is 12.3. The number of unbranched alkanes of at least 4 members (excludes halogenated alkanes) is 10. The van der Waals surface area contributed by atoms with Gasteiger partial charge in [0.1, 0.15) is 5.75 Å². The quantitative estimate of drug-likeness (QED) is 0.200. The van der Waals surface area contributed by atoms with Crippen molar-refractivity contribution >= 4 is 5.97 Å². The summed E-state index contributed by atoms with van der Waals surface area (Å²) in [6.07, 6.45) is 15.5. The Bertz CT molecular complexity index is 450. The van der Waals surface area contributed by atoms with E-state index < -0.39 is 5.41 Å². The van der Waals surface area contributed by atoms with E-state index in [0.717, 1.165) is 12.8 Å². The Morgan fingerprint density at radius 3 is 1.80 bits per heavy atom. The van der Waals surface area contributed by atoms with Crippen molar-refractivity contribution in [2.24, 2.45) is 5.41 Å². The number of hydrogen-bond donors (Lipinski definition) is 0. The first kappa shape index (κ1) is 21.7. The molecule has 0 heterocycles. The van der Waals surface area contributed by atoms with Crippen molar-refractivity contribution in [1.82, 2.24) is 0 Å². The van der Waals surface area contributed by atoms with Gasteiger partial charge >= 0.3 is 5.97 Å². The molecule has 0 aliphatic rings. The maximum Gasteiger partial charge on any atom is 0.316 e. The fraction of sp³-hybridized carbons (Fsp3) is 0.696. The number of hydrogen-bond acceptors (Lipinski definition) is 2. The zero-order chi connectivity index (χ0) is 18.4. The lowest BCUT2D eigenvalue weighted by atomic mass is 9.87. The van der Waals surface area contributed by atoms with Gasteiger partial charge in [-0.25, -0.2) is 0 Å². The SMILES string of the molecule is CCCCCCCCCCCCCC(C)(C)C(=O)Oc1ccccc1. The average molecular weight is 347 g/mol. The van der Waals surface area contributed by atoms with Crippen molar-refractivity contribution in [2.45, 2.75) is 97.8 Å². The normalized spacial score (nSPS) is 11.5. The smallest absolute Gasteiger partial charge is 0.316 e. The molecule has 0 bridgehead atoms. The van der Waals surface area contributed by atoms with Crippen LogP contribution in [0.3, 0.4) is 0 Å². The van der Waals surface area contributed by atoms with Crippen LogP contribution >= 0.6 is 0 Å². The molecule has 25 heavy (non-hydrogen) atoms. The summed E-state index contributed by atoms with van der Waals surface area (Å²) in [6.45, 7) is 6.26. The largest absolute Gasteiger partial charge is 0.426 e. The average Bonchev–Trinajstić information content (AvgIpc) is 2.60. The zero-order valence-electron chi connectivity index (χ0n) is 16.7. The van der Waals surface area contributed by atoms with Crippen LogP contribution in [0, 0.1) is 5.41 Å². The van der Waals surface area contributed by atoms with Crippen LogP contribution in [-0.4, -0.2) is 5.97 Å². The maximum atomic E-state index is 12.3. The van der Waals surface area contributed by atoms with Crippen molar-refractivity contribution in [1.29, 1.82) is 0 Å². The summed E-state index contributed by atoms with van der Waals surface area (Å²) < 4.78 is 5.49. The highest BCUT2D eigenvalue weighted by Crippen LogP contribution is 2.27. The van der Waals surface area contributed by atoms with E-state index in [9.17, 15) is 4.79 Å². The molecule has 2 heteroatoms. The van der Waals surface area contributed by atoms with Gasteiger partial charge in [-0.05, 0) is 32.4 Å². The molecule has 0 aliphatic heterocycles. The molecule has 1 rings (SSSR count). The third-order valence-corrected chi connectivity index (χ3v) is 4.91. The van der Waals surface area contributed by atoms with Crippen LogP contribution in [0.2, 0.25) is 0 Å². The van der Waals surface area contributed by atoms with Crippen LogP contribution in [0.5, 0.6) is 5.75 Å². The van der Waals surface area contributed by atoms with E-state index in [1.165, 1.54) is 64.2 Å². The molecule has 0 N–H and O–H groups in total. The van der Waals surface area contributed by atoms with Crippen molar-refractivity contribution in [3.8, 4) is 5.75 Å². The van der Waals surface area contributed by atoms with Gasteiger partial charge in [0, 0.05) is 0 Å². The minimum atomic E-state index is -0.408. The fourth-order valence-electron chi connectivity index (χ4n) is 3.07. The molecule has 142 valence electrons. The van der Waals surface area contributed by atoms with Crippen molar-refractivity contribution < 1.29 is 9.53 Å². The lowest BCUT2D eigenvalue weighted by Crippen LogP contribution is -2.29. The molecule has 0 fully saturated rings. The number of benzene rings is 1. The first-order valence-corrected chi connectivity index (χ1v) is 10.3. The lowest BCUT2D eigenvalue weighted by molar-refractivity contribution is -0.144. The molecule has 2 nitrogen and oxygen atoms in total. The molecule has 0 unspecified atom stereocenters. The minimum absolute atomic E-state index is 0.120. The predicted molar refractivity (Wildman–Crippen MR) is 107 cm³/mol. The third kappa shape index (κ3) is 10.3. The van der Waals surface area contributed by atoms with Gasteiger partial charge in [-0.3, -0.25) is 4.79 Å². The van der Waals surface area contributed by atoms with Crippen molar-refractivity contribution in [3.05, 3.63) is 30.3 Å². The Morgan fingerprint density at radius 1 is 0.800 bits per heavy atom. The van der Waals surface area contributed by atoms with Crippen LogP contribution in [-0.2, 0) is 4.79 Å². The van der Waals surface area contributed by atoms with Gasteiger partial charge in [-0.2, -0.15) is 0 Å². The Labute approximate surface area is 155 Å². The molecule has 0 atom stereocenters. The van der Waals surface area contributed by atoms with Gasteiger partial charge in [-0.15, -0.1) is 0 Å². The van der Waals surface area contributed by atoms with Gasteiger partial charge in [-0.1, -0.05) is 95.8 Å². The number of carbonyl (C=O) groups is 1. The molecule has 0 saturated heterocycles. The topological polar surface area (TPSA) is 26.3 Å². The second-order valence-electron chi connectivity index (χ2n) is 7.87. The van der Waals surface area contributed by atoms with E-state index in [0.29, 0.717) is 5.75 Å². The Morgan fingerprint density at radius 2 is 1.28 bits per heavy atom. The fourth-order valence-corrected chi connectivity index (χ4v) is 3.07. The van der Waals surface area contributed by atoms with E-state index in [1.54, 1.807) is 0 Å². The van der Waals surface area contributed by atoms with Crippen molar-refractivity contribution in [3.63, 3.8) is 0 Å². The number of esters is 1. The molecule has 0 spiro atoms. The minimum Gasteiger partial charge on any atom is -0.426 e. The van der Waals surface area contributed by atoms with E-state index in [1.807, 2.05) is 44.2 Å². The molecule has 0 radical (unpaired) electrons. The summed E-state index contributed by atoms with van der Waals surface area (Å²) in [5.74, 6) is 0.519. The Kier molecular flexibility index (Phi) is 11.3. The van der Waals surface area contributed by atoms with E-state index in [-0.39, 0.29) is 5.97 Å². The van der Waals surface area contributed by atoms with Gasteiger partial charge in [0.15, 0.2) is 0 Å². The molecule has 0 aromatic heterocycles. The summed E-state index contributed by atoms with van der Waals surface area (Å²) in [5, 5.41) is 0. The molecule has 1 aromatic carbocycles. The van der Waals surface area contributed by atoms with Crippen LogP contribution in [0.1, 0.15) is 97.8 Å². The van der Waals surface area contributed by atoms with Crippen LogP contribution in [0.4, 0.5) is 0 Å². The molecule has 0 aliphatic carbocycles. The third-order valence-electron chi connectivity index (χ3n) is 4.91. The second kappa shape index (κ2) is 13.0. The Balaban J connectivity index is 2.05. The standard InChI is InChI=1S/C23H38O2/c1-4-5-6-7-8-9-10-11-12-13-17-20-23(2,3)22(24)25-21-18-15-14-16-19-21/h14-16,18-19H,4-13,17,20H2,1-3H3. The molecule has 1 aromatic rings. The van der Waals surface area contributed by atoms with Gasteiger partial charge in [0.2, 0.25) is 0 Å². The van der Waals surface area contributed by atoms with Crippen LogP contribution in [0.15, 0.2) is 30.3 Å². The van der Waals surface area contributed by atoms with Crippen LogP contribution in [0.25, 0.3) is 0 Å². The number of para-hydroxylation sites is 1. The molecular weight excluding hydrogens is 308 g/mol. The first-order valence-electron chi connectivity index (χ1n) is 10.3. The first-order chi connectivity index (χ1) is 12.1. The summed E-state index contributed by atoms with van der Waals surface area (Å²) in [7, 11) is 0. The molecule has 0 amide bonds. The highest BCUT2D eigenvalue weighted by Gasteiger charge is 2.29. The van der Waals surface area contributed by atoms with Gasteiger partial charge in [0.25, 0.3) is 0 Å². The zero-order valence-corrected chi connectivity index (χ0v) is 16.7. The summed E-state index contributed by atoms with van der Waals surface area (Å²) in [6, 6.07) is 9.36. The number of rotatable bonds is 14. The Hall–Kier alpha value is -1.31. The van der Waals surface area contributed by atoms with E-state index in [2.05, 4.69) is 6.92 Å². The molecule has 0 saturated carbocycles. The highest BCUT2D eigenvalue weighted by atomic mass is 16.5. The van der Waals surface area contributed by atoms with E-state index in [4.69, 9.17) is 4.74 Å². The lowest BCUT2D eigenvalue weighted by Gasteiger charge is -2.22. The van der Waals surface area contributed by atoms with Gasteiger partial charge < -0.3 is 4.74 Å². The van der Waals surface area contributed by atoms with Crippen LogP contribution < -0.4 is 4.74 Å². The summed E-state index contributed by atoms with van der Waals surface area (Å²) in [4.78, 5) is 12.3. The predicted octanol–water partition coefficient (Wildman–Crippen LogP) is 7.32. The van der Waals surface area contributed by atoms with Gasteiger partial charge in [0.05, 0.1) is 5.41 Å². The summed E-state index contributed by atoms with van der Waals surface area (Å²) >= 11 is 0.